The van der Waals surface area contributed by atoms with Crippen LogP contribution < -0.4 is 15.0 Å². The van der Waals surface area contributed by atoms with Gasteiger partial charge in [-0.3, -0.25) is 9.59 Å². The predicted molar refractivity (Wildman–Crippen MR) is 130 cm³/mol. The Morgan fingerprint density at radius 3 is 2.47 bits per heavy atom. The van der Waals surface area contributed by atoms with Crippen molar-refractivity contribution < 1.29 is 14.3 Å². The third-order valence-corrected chi connectivity index (χ3v) is 6.47. The van der Waals surface area contributed by atoms with E-state index in [1.54, 1.807) is 18.2 Å². The number of thiophene rings is 1. The number of aryl methyl sites for hydroxylation is 1. The maximum absolute atomic E-state index is 13.4. The first-order valence-corrected chi connectivity index (χ1v) is 11.7. The number of carbonyl (C=O) groups excluding carboxylic acids is 2. The molecule has 2 amide bonds. The first-order valence-electron chi connectivity index (χ1n) is 10.4. The average molecular weight is 467 g/mol. The molecule has 32 heavy (non-hydrogen) atoms. The molecule has 0 unspecified atom stereocenters. The monoisotopic (exact) mass is 466 g/mol. The van der Waals surface area contributed by atoms with Gasteiger partial charge in [0.05, 0.1) is 23.4 Å². The number of carbonyl (C=O) groups is 2. The van der Waals surface area contributed by atoms with Crippen molar-refractivity contribution in [1.29, 1.82) is 0 Å². The largest absolute Gasteiger partial charge is 0.495 e. The van der Waals surface area contributed by atoms with Crippen molar-refractivity contribution in [3.8, 4) is 5.75 Å². The second-order valence-corrected chi connectivity index (χ2v) is 8.77. The molecule has 2 aromatic carbocycles. The standard InChI is InChI=1S/C25H23ClN2O3S/c1-3-4-6-16-8-11-18(12-9-16)28-24(29)22(21-7-5-14-32-21)23(25(28)30)27-17-10-13-20(31-2)19(26)15-17/h5,7-15,27H,3-4,6H2,1-2H3. The molecule has 0 saturated heterocycles. The highest BCUT2D eigenvalue weighted by Crippen LogP contribution is 2.36. The zero-order valence-electron chi connectivity index (χ0n) is 17.9. The van der Waals surface area contributed by atoms with Crippen LogP contribution in [0.4, 0.5) is 11.4 Å². The first kappa shape index (κ1) is 22.1. The number of benzene rings is 2. The average Bonchev–Trinajstić information content (AvgIpc) is 3.40. The van der Waals surface area contributed by atoms with Gasteiger partial charge >= 0.3 is 0 Å². The summed E-state index contributed by atoms with van der Waals surface area (Å²) < 4.78 is 5.20. The van der Waals surface area contributed by atoms with E-state index in [1.807, 2.05) is 41.8 Å². The highest BCUT2D eigenvalue weighted by molar-refractivity contribution is 7.11. The number of unbranched alkanes of at least 4 members (excludes halogenated alkanes) is 1. The number of imide groups is 1. The molecule has 0 saturated carbocycles. The summed E-state index contributed by atoms with van der Waals surface area (Å²) in [5.41, 5.74) is 2.92. The van der Waals surface area contributed by atoms with Crippen LogP contribution >= 0.6 is 22.9 Å². The quantitative estimate of drug-likeness (QED) is 0.404. The van der Waals surface area contributed by atoms with E-state index in [9.17, 15) is 9.59 Å². The number of anilines is 2. The van der Waals surface area contributed by atoms with Crippen LogP contribution in [0, 0.1) is 0 Å². The van der Waals surface area contributed by atoms with Gasteiger partial charge in [0.1, 0.15) is 11.4 Å². The van der Waals surface area contributed by atoms with Gasteiger partial charge in [0, 0.05) is 10.6 Å². The highest BCUT2D eigenvalue weighted by atomic mass is 35.5. The summed E-state index contributed by atoms with van der Waals surface area (Å²) in [7, 11) is 1.54. The van der Waals surface area contributed by atoms with Crippen LogP contribution in [0.2, 0.25) is 5.02 Å². The lowest BCUT2D eigenvalue weighted by molar-refractivity contribution is -0.120. The molecule has 5 nitrogen and oxygen atoms in total. The van der Waals surface area contributed by atoms with Gasteiger partial charge in [0.2, 0.25) is 0 Å². The fourth-order valence-electron chi connectivity index (χ4n) is 3.61. The van der Waals surface area contributed by atoms with E-state index in [0.29, 0.717) is 27.7 Å². The smallest absolute Gasteiger partial charge is 0.282 e. The molecule has 0 fully saturated rings. The van der Waals surface area contributed by atoms with Crippen molar-refractivity contribution in [2.75, 3.05) is 17.3 Å². The van der Waals surface area contributed by atoms with E-state index in [1.165, 1.54) is 28.9 Å². The number of hydrogen-bond donors (Lipinski definition) is 1. The van der Waals surface area contributed by atoms with Crippen LogP contribution in [-0.4, -0.2) is 18.9 Å². The summed E-state index contributed by atoms with van der Waals surface area (Å²) in [5.74, 6) is -0.212. The molecule has 0 radical (unpaired) electrons. The highest BCUT2D eigenvalue weighted by Gasteiger charge is 2.40. The second kappa shape index (κ2) is 9.59. The number of nitrogens with zero attached hydrogens (tertiary/aromatic N) is 1. The summed E-state index contributed by atoms with van der Waals surface area (Å²) in [6, 6.07) is 16.5. The van der Waals surface area contributed by atoms with Crippen LogP contribution in [0.25, 0.3) is 5.57 Å². The van der Waals surface area contributed by atoms with Crippen LogP contribution in [0.5, 0.6) is 5.75 Å². The Morgan fingerprint density at radius 1 is 1.06 bits per heavy atom. The molecule has 1 aliphatic heterocycles. The summed E-state index contributed by atoms with van der Waals surface area (Å²) in [5, 5.41) is 5.42. The van der Waals surface area contributed by atoms with Crippen molar-refractivity contribution in [2.24, 2.45) is 0 Å². The van der Waals surface area contributed by atoms with Gasteiger partial charge in [0.25, 0.3) is 11.8 Å². The first-order chi connectivity index (χ1) is 15.5. The number of ether oxygens (including phenoxy) is 1. The summed E-state index contributed by atoms with van der Waals surface area (Å²) in [4.78, 5) is 28.8. The maximum Gasteiger partial charge on any atom is 0.282 e. The van der Waals surface area contributed by atoms with E-state index >= 15 is 0 Å². The fraction of sp³-hybridized carbons (Fsp3) is 0.200. The van der Waals surface area contributed by atoms with E-state index in [0.717, 1.165) is 24.1 Å². The van der Waals surface area contributed by atoms with Gasteiger partial charge in [-0.1, -0.05) is 43.1 Å². The Labute approximate surface area is 196 Å². The van der Waals surface area contributed by atoms with Crippen LogP contribution in [0.1, 0.15) is 30.2 Å². The van der Waals surface area contributed by atoms with Crippen molar-refractivity contribution in [3.63, 3.8) is 0 Å². The van der Waals surface area contributed by atoms with Gasteiger partial charge in [-0.25, -0.2) is 4.90 Å². The molecular weight excluding hydrogens is 444 g/mol. The van der Waals surface area contributed by atoms with E-state index in [4.69, 9.17) is 16.3 Å². The minimum Gasteiger partial charge on any atom is -0.495 e. The minimum atomic E-state index is -0.397. The molecule has 1 N–H and O–H groups in total. The van der Waals surface area contributed by atoms with Gasteiger partial charge in [-0.2, -0.15) is 0 Å². The summed E-state index contributed by atoms with van der Waals surface area (Å²) in [6.07, 6.45) is 3.19. The topological polar surface area (TPSA) is 58.6 Å². The molecule has 0 atom stereocenters. The molecule has 2 heterocycles. The zero-order valence-corrected chi connectivity index (χ0v) is 19.4. The van der Waals surface area contributed by atoms with E-state index in [-0.39, 0.29) is 11.6 Å². The van der Waals surface area contributed by atoms with Crippen LogP contribution in [0.15, 0.2) is 65.7 Å². The molecular formula is C25H23ClN2O3S. The number of hydrogen-bond acceptors (Lipinski definition) is 5. The molecule has 4 rings (SSSR count). The van der Waals surface area contributed by atoms with E-state index in [2.05, 4.69) is 12.2 Å². The Morgan fingerprint density at radius 2 is 1.84 bits per heavy atom. The van der Waals surface area contributed by atoms with Crippen molar-refractivity contribution >= 4 is 51.7 Å². The summed E-state index contributed by atoms with van der Waals surface area (Å²) in [6.45, 7) is 2.15. The van der Waals surface area contributed by atoms with Gasteiger partial charge in [-0.15, -0.1) is 11.3 Å². The lowest BCUT2D eigenvalue weighted by atomic mass is 10.1. The van der Waals surface area contributed by atoms with Crippen molar-refractivity contribution in [1.82, 2.24) is 0 Å². The molecule has 0 bridgehead atoms. The fourth-order valence-corrected chi connectivity index (χ4v) is 4.64. The van der Waals surface area contributed by atoms with Crippen molar-refractivity contribution in [2.45, 2.75) is 26.2 Å². The van der Waals surface area contributed by atoms with Gasteiger partial charge < -0.3 is 10.1 Å². The van der Waals surface area contributed by atoms with Gasteiger partial charge in [0.15, 0.2) is 0 Å². The summed E-state index contributed by atoms with van der Waals surface area (Å²) >= 11 is 7.66. The predicted octanol–water partition coefficient (Wildman–Crippen LogP) is 6.15. The van der Waals surface area contributed by atoms with Crippen molar-refractivity contribution in [3.05, 3.63) is 81.1 Å². The lowest BCUT2D eigenvalue weighted by Gasteiger charge is -2.16. The molecule has 0 spiro atoms. The molecule has 1 aliphatic rings. The SMILES string of the molecule is CCCCc1ccc(N2C(=O)C(Nc3ccc(OC)c(Cl)c3)=C(c3cccs3)C2=O)cc1. The molecule has 7 heteroatoms. The van der Waals surface area contributed by atoms with Gasteiger partial charge in [-0.05, 0) is 60.2 Å². The third-order valence-electron chi connectivity index (χ3n) is 5.29. The zero-order chi connectivity index (χ0) is 22.7. The molecule has 0 aliphatic carbocycles. The number of methoxy groups -OCH3 is 1. The Bertz CT molecular complexity index is 1170. The third kappa shape index (κ3) is 4.29. The normalized spacial score (nSPS) is 13.8. The minimum absolute atomic E-state index is 0.230. The Hall–Kier alpha value is -3.09. The van der Waals surface area contributed by atoms with Crippen LogP contribution in [0.3, 0.4) is 0 Å². The molecule has 164 valence electrons. The number of rotatable bonds is 8. The molecule has 1 aromatic heterocycles. The molecule has 3 aromatic rings. The number of nitrogens with one attached hydrogen (secondary N) is 1. The number of amides is 2. The Balaban J connectivity index is 1.69. The lowest BCUT2D eigenvalue weighted by Crippen LogP contribution is -2.32. The number of halogens is 1. The van der Waals surface area contributed by atoms with Crippen LogP contribution in [-0.2, 0) is 16.0 Å². The Kier molecular flexibility index (Phi) is 6.63. The van der Waals surface area contributed by atoms with E-state index < -0.39 is 5.91 Å². The maximum atomic E-state index is 13.4. The second-order valence-electron chi connectivity index (χ2n) is 7.42.